The Balaban J connectivity index is 1.69. The molecule has 1 aromatic carbocycles. The highest BCUT2D eigenvalue weighted by molar-refractivity contribution is 8.18. The number of carbonyl (C=O) groups is 3. The van der Waals surface area contributed by atoms with E-state index in [2.05, 4.69) is 15.5 Å². The Morgan fingerprint density at radius 1 is 1.26 bits per heavy atom. The number of benzene rings is 1. The van der Waals surface area contributed by atoms with Gasteiger partial charge in [0.25, 0.3) is 11.1 Å². The third kappa shape index (κ3) is 7.04. The van der Waals surface area contributed by atoms with Crippen molar-refractivity contribution in [3.63, 3.8) is 0 Å². The quantitative estimate of drug-likeness (QED) is 0.514. The topological polar surface area (TPSA) is 109 Å². The first-order valence-corrected chi connectivity index (χ1v) is 12.3. The van der Waals surface area contributed by atoms with E-state index in [1.807, 2.05) is 32.9 Å². The Bertz CT molecular complexity index is 1010. The second-order valence-corrected chi connectivity index (χ2v) is 10.4. The molecule has 0 aromatic heterocycles. The summed E-state index contributed by atoms with van der Waals surface area (Å²) in [6.07, 6.45) is 2.27. The Morgan fingerprint density at radius 2 is 1.94 bits per heavy atom. The van der Waals surface area contributed by atoms with Gasteiger partial charge in [-0.15, -0.1) is 0 Å². The van der Waals surface area contributed by atoms with E-state index in [0.717, 1.165) is 42.5 Å². The number of carbonyl (C=O) groups excluding carboxylic acids is 3. The summed E-state index contributed by atoms with van der Waals surface area (Å²) in [5, 5.41) is 5.41. The van der Waals surface area contributed by atoms with Crippen molar-refractivity contribution in [1.82, 2.24) is 15.5 Å². The van der Waals surface area contributed by atoms with Gasteiger partial charge in [-0.1, -0.05) is 0 Å². The van der Waals surface area contributed by atoms with Crippen molar-refractivity contribution in [2.24, 2.45) is 0 Å². The molecule has 2 aliphatic rings. The van der Waals surface area contributed by atoms with Crippen molar-refractivity contribution in [1.29, 1.82) is 0 Å². The fourth-order valence-corrected chi connectivity index (χ4v) is 4.52. The monoisotopic (exact) mass is 506 g/mol. The van der Waals surface area contributed by atoms with E-state index in [9.17, 15) is 14.4 Å². The second-order valence-electron chi connectivity index (χ2n) is 9.41. The molecular formula is C24H34N4O6S. The van der Waals surface area contributed by atoms with Crippen LogP contribution in [0.2, 0.25) is 0 Å². The Kier molecular flexibility index (Phi) is 8.55. The molecule has 0 bridgehead atoms. The van der Waals surface area contributed by atoms with Crippen LogP contribution in [0.4, 0.5) is 15.3 Å². The van der Waals surface area contributed by atoms with Gasteiger partial charge < -0.3 is 29.3 Å². The molecule has 2 saturated heterocycles. The van der Waals surface area contributed by atoms with Crippen LogP contribution in [0.1, 0.15) is 32.8 Å². The van der Waals surface area contributed by atoms with Crippen LogP contribution in [0.25, 0.3) is 6.08 Å². The first kappa shape index (κ1) is 26.7. The molecule has 0 aliphatic carbocycles. The van der Waals surface area contributed by atoms with E-state index < -0.39 is 11.5 Å². The number of rotatable bonds is 8. The Hall–Kier alpha value is -2.92. The molecular weight excluding hydrogens is 472 g/mol. The van der Waals surface area contributed by atoms with Gasteiger partial charge in [0.2, 0.25) is 0 Å². The lowest BCUT2D eigenvalue weighted by molar-refractivity contribution is -0.115. The van der Waals surface area contributed by atoms with Gasteiger partial charge in [0, 0.05) is 56.6 Å². The molecule has 0 saturated carbocycles. The molecule has 1 aromatic rings. The van der Waals surface area contributed by atoms with E-state index in [1.165, 1.54) is 0 Å². The van der Waals surface area contributed by atoms with Crippen molar-refractivity contribution in [2.75, 3.05) is 52.3 Å². The summed E-state index contributed by atoms with van der Waals surface area (Å²) < 4.78 is 16.3. The smallest absolute Gasteiger partial charge is 0.410 e. The van der Waals surface area contributed by atoms with Crippen LogP contribution < -0.4 is 25.0 Å². The number of imide groups is 1. The molecule has 3 rings (SSSR count). The number of amides is 3. The highest BCUT2D eigenvalue weighted by atomic mass is 32.2. The number of hydrogen-bond donors (Lipinski definition) is 2. The van der Waals surface area contributed by atoms with Crippen molar-refractivity contribution < 1.29 is 28.6 Å². The highest BCUT2D eigenvalue weighted by Gasteiger charge is 2.28. The molecule has 10 nitrogen and oxygen atoms in total. The van der Waals surface area contributed by atoms with E-state index >= 15 is 0 Å². The van der Waals surface area contributed by atoms with Gasteiger partial charge in [-0.3, -0.25) is 14.9 Å². The first-order chi connectivity index (χ1) is 16.5. The summed E-state index contributed by atoms with van der Waals surface area (Å²) in [4.78, 5) is 40.0. The zero-order valence-electron chi connectivity index (χ0n) is 21.1. The van der Waals surface area contributed by atoms with Crippen LogP contribution in [0.5, 0.6) is 11.5 Å². The van der Waals surface area contributed by atoms with Crippen LogP contribution in [0, 0.1) is 0 Å². The minimum atomic E-state index is -0.526. The van der Waals surface area contributed by atoms with Crippen LogP contribution in [-0.4, -0.2) is 81.2 Å². The van der Waals surface area contributed by atoms with Gasteiger partial charge in [0.15, 0.2) is 11.5 Å². The number of ether oxygens (including phenoxy) is 3. The molecule has 192 valence electrons. The van der Waals surface area contributed by atoms with Gasteiger partial charge in [-0.05, 0) is 51.1 Å². The molecule has 2 aliphatic heterocycles. The number of anilines is 1. The molecule has 1 atom stereocenters. The SMILES string of the molecule is COc1cc(C=C2SC(=O)NC2=O)c(N2CCC(NCCN(C)C(=O)OC(C)(C)C)C2)cc1OC. The largest absolute Gasteiger partial charge is 0.493 e. The molecule has 0 radical (unpaired) electrons. The van der Waals surface area contributed by atoms with Gasteiger partial charge >= 0.3 is 6.09 Å². The second kappa shape index (κ2) is 11.2. The van der Waals surface area contributed by atoms with Crippen LogP contribution in [0.15, 0.2) is 17.0 Å². The Morgan fingerprint density at radius 3 is 2.54 bits per heavy atom. The fourth-order valence-electron chi connectivity index (χ4n) is 3.85. The van der Waals surface area contributed by atoms with E-state index in [0.29, 0.717) is 29.5 Å². The standard InChI is InChI=1S/C24H34N4O6S/c1-24(2,3)34-23(31)27(4)10-8-25-16-7-9-28(14-16)17-13-19(33-6)18(32-5)11-15(17)12-20-21(29)26-22(30)35-20/h11-13,16,25H,7-10,14H2,1-6H3,(H,26,29,30). The van der Waals surface area contributed by atoms with Crippen molar-refractivity contribution in [3.8, 4) is 11.5 Å². The zero-order chi connectivity index (χ0) is 25.8. The highest BCUT2D eigenvalue weighted by Crippen LogP contribution is 2.39. The van der Waals surface area contributed by atoms with Crippen LogP contribution in [-0.2, 0) is 9.53 Å². The third-order valence-corrected chi connectivity index (χ3v) is 6.39. The van der Waals surface area contributed by atoms with Crippen molar-refractivity contribution in [3.05, 3.63) is 22.6 Å². The average molecular weight is 507 g/mol. The Labute approximate surface area is 210 Å². The first-order valence-electron chi connectivity index (χ1n) is 11.4. The minimum Gasteiger partial charge on any atom is -0.493 e. The summed E-state index contributed by atoms with van der Waals surface area (Å²) in [7, 11) is 4.86. The van der Waals surface area contributed by atoms with E-state index in [4.69, 9.17) is 14.2 Å². The maximum atomic E-state index is 12.1. The summed E-state index contributed by atoms with van der Waals surface area (Å²) in [6, 6.07) is 3.93. The predicted molar refractivity (Wildman–Crippen MR) is 136 cm³/mol. The van der Waals surface area contributed by atoms with Crippen molar-refractivity contribution in [2.45, 2.75) is 38.8 Å². The fraction of sp³-hybridized carbons (Fsp3) is 0.542. The van der Waals surface area contributed by atoms with Gasteiger partial charge in [-0.25, -0.2) is 4.79 Å². The lowest BCUT2D eigenvalue weighted by Gasteiger charge is -2.25. The summed E-state index contributed by atoms with van der Waals surface area (Å²) >= 11 is 0.879. The summed E-state index contributed by atoms with van der Waals surface area (Å²) in [6.45, 7) is 8.23. The van der Waals surface area contributed by atoms with Gasteiger partial charge in [0.1, 0.15) is 5.60 Å². The molecule has 3 amide bonds. The minimum absolute atomic E-state index is 0.223. The van der Waals surface area contributed by atoms with Crippen LogP contribution in [0.3, 0.4) is 0 Å². The summed E-state index contributed by atoms with van der Waals surface area (Å²) in [5.74, 6) is 0.715. The van der Waals surface area contributed by atoms with E-state index in [-0.39, 0.29) is 17.4 Å². The zero-order valence-corrected chi connectivity index (χ0v) is 21.9. The third-order valence-electron chi connectivity index (χ3n) is 5.58. The number of hydrogen-bond acceptors (Lipinski definition) is 9. The molecule has 35 heavy (non-hydrogen) atoms. The van der Waals surface area contributed by atoms with E-state index in [1.54, 1.807) is 32.2 Å². The molecule has 0 spiro atoms. The summed E-state index contributed by atoms with van der Waals surface area (Å²) in [5.41, 5.74) is 1.13. The molecule has 2 fully saturated rings. The number of thioether (sulfide) groups is 1. The molecule has 2 N–H and O–H groups in total. The number of nitrogens with one attached hydrogen (secondary N) is 2. The van der Waals surface area contributed by atoms with Gasteiger partial charge in [0.05, 0.1) is 19.1 Å². The normalized spacial score (nSPS) is 19.2. The van der Waals surface area contributed by atoms with Gasteiger partial charge in [-0.2, -0.15) is 0 Å². The maximum Gasteiger partial charge on any atom is 0.410 e. The molecule has 1 unspecified atom stereocenters. The number of nitrogens with zero attached hydrogens (tertiary/aromatic N) is 2. The predicted octanol–water partition coefficient (Wildman–Crippen LogP) is 3.06. The number of likely N-dealkylation sites (N-methyl/N-ethyl adjacent to an activating group) is 1. The van der Waals surface area contributed by atoms with Crippen LogP contribution >= 0.6 is 11.8 Å². The maximum absolute atomic E-state index is 12.1. The average Bonchev–Trinajstić information content (AvgIpc) is 3.37. The number of methoxy groups -OCH3 is 2. The lowest BCUT2D eigenvalue weighted by Crippen LogP contribution is -2.41. The molecule has 11 heteroatoms. The van der Waals surface area contributed by atoms with Crippen molar-refractivity contribution >= 4 is 40.8 Å². The lowest BCUT2D eigenvalue weighted by atomic mass is 10.1. The molecule has 2 heterocycles.